The van der Waals surface area contributed by atoms with Crippen LogP contribution in [0, 0.1) is 5.82 Å². The second kappa shape index (κ2) is 9.88. The summed E-state index contributed by atoms with van der Waals surface area (Å²) in [5.41, 5.74) is 3.22. The number of hydrogen-bond acceptors (Lipinski definition) is 2. The molecule has 1 amide bonds. The van der Waals surface area contributed by atoms with Gasteiger partial charge in [0.2, 0.25) is 5.91 Å². The van der Waals surface area contributed by atoms with Crippen LogP contribution in [0.4, 0.5) is 4.39 Å². The highest BCUT2D eigenvalue weighted by atomic mass is 19.1. The van der Waals surface area contributed by atoms with Gasteiger partial charge in [0, 0.05) is 32.6 Å². The highest BCUT2D eigenvalue weighted by molar-refractivity contribution is 5.79. The van der Waals surface area contributed by atoms with Gasteiger partial charge in [0.05, 0.1) is 6.54 Å². The molecule has 1 aliphatic heterocycles. The monoisotopic (exact) mass is 382 g/mol. The van der Waals surface area contributed by atoms with Gasteiger partial charge in [0.1, 0.15) is 5.82 Å². The number of benzene rings is 2. The van der Waals surface area contributed by atoms with E-state index < -0.39 is 0 Å². The van der Waals surface area contributed by atoms with Crippen LogP contribution in [0.1, 0.15) is 36.5 Å². The number of hydrogen-bond donors (Lipinski definition) is 2. The quantitative estimate of drug-likeness (QED) is 0.571. The summed E-state index contributed by atoms with van der Waals surface area (Å²) in [5, 5.41) is 6.49. The third kappa shape index (κ3) is 5.81. The SMILES string of the molecule is CCNC(=NCc1cccc(CN2CCCC2=O)c1)NCc1ccc(F)cc1. The van der Waals surface area contributed by atoms with Gasteiger partial charge >= 0.3 is 0 Å². The first kappa shape index (κ1) is 19.9. The summed E-state index contributed by atoms with van der Waals surface area (Å²) in [4.78, 5) is 18.4. The normalized spacial score (nSPS) is 14.4. The van der Waals surface area contributed by atoms with Crippen molar-refractivity contribution in [3.05, 3.63) is 71.0 Å². The fourth-order valence-electron chi connectivity index (χ4n) is 3.22. The molecule has 0 spiro atoms. The smallest absolute Gasteiger partial charge is 0.222 e. The first-order chi connectivity index (χ1) is 13.6. The molecule has 0 bridgehead atoms. The van der Waals surface area contributed by atoms with E-state index in [2.05, 4.69) is 27.8 Å². The fourth-order valence-corrected chi connectivity index (χ4v) is 3.22. The third-order valence-corrected chi connectivity index (χ3v) is 4.67. The van der Waals surface area contributed by atoms with Crippen molar-refractivity contribution in [1.29, 1.82) is 0 Å². The highest BCUT2D eigenvalue weighted by Gasteiger charge is 2.19. The Morgan fingerprint density at radius 3 is 2.61 bits per heavy atom. The number of carbonyl (C=O) groups excluding carboxylic acids is 1. The fraction of sp³-hybridized carbons (Fsp3) is 0.364. The molecular formula is C22H27FN4O. The van der Waals surface area contributed by atoms with Gasteiger partial charge in [-0.2, -0.15) is 0 Å². The molecule has 0 aliphatic carbocycles. The van der Waals surface area contributed by atoms with Crippen LogP contribution in [0.25, 0.3) is 0 Å². The summed E-state index contributed by atoms with van der Waals surface area (Å²) in [6.07, 6.45) is 1.62. The number of nitrogens with one attached hydrogen (secondary N) is 2. The molecule has 1 aliphatic rings. The Hall–Kier alpha value is -2.89. The number of halogens is 1. The molecule has 28 heavy (non-hydrogen) atoms. The Kier molecular flexibility index (Phi) is 7.00. The Labute approximate surface area is 165 Å². The molecule has 2 aromatic rings. The largest absolute Gasteiger partial charge is 0.357 e. The Bertz CT molecular complexity index is 820. The first-order valence-corrected chi connectivity index (χ1v) is 9.76. The van der Waals surface area contributed by atoms with Gasteiger partial charge in [0.25, 0.3) is 0 Å². The van der Waals surface area contributed by atoms with Gasteiger partial charge in [-0.1, -0.05) is 36.4 Å². The number of aliphatic imine (C=N–C) groups is 1. The van der Waals surface area contributed by atoms with Crippen molar-refractivity contribution in [3.8, 4) is 0 Å². The summed E-state index contributed by atoms with van der Waals surface area (Å²) in [6, 6.07) is 14.6. The number of nitrogens with zero attached hydrogens (tertiary/aromatic N) is 2. The zero-order valence-corrected chi connectivity index (χ0v) is 16.2. The molecule has 1 saturated heterocycles. The molecule has 2 N–H and O–H groups in total. The maximum Gasteiger partial charge on any atom is 0.222 e. The minimum Gasteiger partial charge on any atom is -0.357 e. The third-order valence-electron chi connectivity index (χ3n) is 4.67. The van der Waals surface area contributed by atoms with Crippen LogP contribution in [0.15, 0.2) is 53.5 Å². The van der Waals surface area contributed by atoms with E-state index in [4.69, 9.17) is 0 Å². The van der Waals surface area contributed by atoms with Crippen molar-refractivity contribution >= 4 is 11.9 Å². The summed E-state index contributed by atoms with van der Waals surface area (Å²) < 4.78 is 13.0. The predicted octanol–water partition coefficient (Wildman–Crippen LogP) is 3.20. The molecule has 0 saturated carbocycles. The van der Waals surface area contributed by atoms with E-state index in [9.17, 15) is 9.18 Å². The van der Waals surface area contributed by atoms with Gasteiger partial charge < -0.3 is 15.5 Å². The van der Waals surface area contributed by atoms with E-state index in [1.165, 1.54) is 12.1 Å². The van der Waals surface area contributed by atoms with Crippen LogP contribution in [-0.4, -0.2) is 29.9 Å². The van der Waals surface area contributed by atoms with Crippen molar-refractivity contribution in [2.75, 3.05) is 13.1 Å². The van der Waals surface area contributed by atoms with Crippen LogP contribution < -0.4 is 10.6 Å². The Morgan fingerprint density at radius 1 is 1.11 bits per heavy atom. The summed E-state index contributed by atoms with van der Waals surface area (Å²) >= 11 is 0. The standard InChI is InChI=1S/C22H27FN4O/c1-2-24-22(25-14-17-8-10-20(23)11-9-17)26-15-18-5-3-6-19(13-18)16-27-12-4-7-21(27)28/h3,5-6,8-11,13H,2,4,7,12,14-16H2,1H3,(H2,24,25,26). The van der Waals surface area contributed by atoms with Crippen LogP contribution in [0.5, 0.6) is 0 Å². The average Bonchev–Trinajstić information content (AvgIpc) is 3.10. The minimum atomic E-state index is -0.236. The van der Waals surface area contributed by atoms with Gasteiger partial charge in [-0.05, 0) is 42.2 Å². The van der Waals surface area contributed by atoms with Gasteiger partial charge in [0.15, 0.2) is 5.96 Å². The summed E-state index contributed by atoms with van der Waals surface area (Å²) in [7, 11) is 0. The number of likely N-dealkylation sites (tertiary alicyclic amines) is 1. The molecule has 1 fully saturated rings. The van der Waals surface area contributed by atoms with Crippen molar-refractivity contribution in [2.24, 2.45) is 4.99 Å². The Morgan fingerprint density at radius 2 is 1.89 bits per heavy atom. The van der Waals surface area contributed by atoms with E-state index in [0.717, 1.165) is 36.2 Å². The maximum absolute atomic E-state index is 13.0. The average molecular weight is 382 g/mol. The topological polar surface area (TPSA) is 56.7 Å². The maximum atomic E-state index is 13.0. The molecule has 0 atom stereocenters. The molecule has 2 aromatic carbocycles. The van der Waals surface area contributed by atoms with Crippen LogP contribution in [0.2, 0.25) is 0 Å². The summed E-state index contributed by atoms with van der Waals surface area (Å²) in [6.45, 7) is 5.40. The molecule has 5 nitrogen and oxygen atoms in total. The predicted molar refractivity (Wildman–Crippen MR) is 109 cm³/mol. The molecule has 0 radical (unpaired) electrons. The van der Waals surface area contributed by atoms with E-state index >= 15 is 0 Å². The molecule has 148 valence electrons. The summed E-state index contributed by atoms with van der Waals surface area (Å²) in [5.74, 6) is 0.717. The number of rotatable bonds is 7. The highest BCUT2D eigenvalue weighted by Crippen LogP contribution is 2.15. The lowest BCUT2D eigenvalue weighted by Crippen LogP contribution is -2.36. The lowest BCUT2D eigenvalue weighted by molar-refractivity contribution is -0.128. The van der Waals surface area contributed by atoms with E-state index in [1.54, 1.807) is 12.1 Å². The molecule has 0 aromatic heterocycles. The lowest BCUT2D eigenvalue weighted by atomic mass is 10.1. The zero-order chi connectivity index (χ0) is 19.8. The minimum absolute atomic E-state index is 0.236. The molecule has 3 rings (SSSR count). The molecule has 1 heterocycles. The van der Waals surface area contributed by atoms with E-state index in [1.807, 2.05) is 24.0 Å². The van der Waals surface area contributed by atoms with Gasteiger partial charge in [-0.3, -0.25) is 4.79 Å². The molecule has 0 unspecified atom stereocenters. The van der Waals surface area contributed by atoms with Gasteiger partial charge in [-0.25, -0.2) is 9.38 Å². The van der Waals surface area contributed by atoms with Crippen molar-refractivity contribution in [1.82, 2.24) is 15.5 Å². The molecule has 6 heteroatoms. The van der Waals surface area contributed by atoms with E-state index in [0.29, 0.717) is 32.0 Å². The van der Waals surface area contributed by atoms with E-state index in [-0.39, 0.29) is 11.7 Å². The van der Waals surface area contributed by atoms with Crippen LogP contribution in [-0.2, 0) is 24.4 Å². The first-order valence-electron chi connectivity index (χ1n) is 9.76. The second-order valence-electron chi connectivity index (χ2n) is 6.91. The number of carbonyl (C=O) groups is 1. The van der Waals surface area contributed by atoms with Crippen molar-refractivity contribution < 1.29 is 9.18 Å². The van der Waals surface area contributed by atoms with Crippen molar-refractivity contribution in [2.45, 2.75) is 39.4 Å². The Balaban J connectivity index is 1.59. The number of amides is 1. The van der Waals surface area contributed by atoms with Gasteiger partial charge in [-0.15, -0.1) is 0 Å². The molecular weight excluding hydrogens is 355 g/mol. The lowest BCUT2D eigenvalue weighted by Gasteiger charge is -2.16. The van der Waals surface area contributed by atoms with Crippen LogP contribution >= 0.6 is 0 Å². The van der Waals surface area contributed by atoms with Crippen LogP contribution in [0.3, 0.4) is 0 Å². The van der Waals surface area contributed by atoms with Crippen molar-refractivity contribution in [3.63, 3.8) is 0 Å². The second-order valence-corrected chi connectivity index (χ2v) is 6.91. The zero-order valence-electron chi connectivity index (χ0n) is 16.2. The number of guanidine groups is 1.